The van der Waals surface area contributed by atoms with E-state index in [9.17, 15) is 4.79 Å². The van der Waals surface area contributed by atoms with Gasteiger partial charge in [-0.1, -0.05) is 23.9 Å². The molecule has 0 spiro atoms. The molecular weight excluding hydrogens is 346 g/mol. The first-order chi connectivity index (χ1) is 12.7. The van der Waals surface area contributed by atoms with Crippen molar-refractivity contribution in [1.82, 2.24) is 15.2 Å². The first-order valence-electron chi connectivity index (χ1n) is 8.57. The molecule has 5 nitrogen and oxygen atoms in total. The van der Waals surface area contributed by atoms with E-state index in [4.69, 9.17) is 4.74 Å². The Hall–Kier alpha value is -2.60. The van der Waals surface area contributed by atoms with Gasteiger partial charge >= 0.3 is 0 Å². The highest BCUT2D eigenvalue weighted by Gasteiger charge is 2.15. The van der Waals surface area contributed by atoms with Crippen molar-refractivity contribution in [1.29, 1.82) is 0 Å². The number of aromatic amines is 1. The summed E-state index contributed by atoms with van der Waals surface area (Å²) in [6.45, 7) is 0. The fraction of sp³-hybridized carbons (Fsp3) is 0.250. The van der Waals surface area contributed by atoms with Crippen LogP contribution in [0.2, 0.25) is 0 Å². The minimum atomic E-state index is 0.112. The molecule has 0 fully saturated rings. The molecule has 0 aliphatic heterocycles. The van der Waals surface area contributed by atoms with Crippen molar-refractivity contribution >= 4 is 17.5 Å². The van der Waals surface area contributed by atoms with Crippen molar-refractivity contribution in [3.63, 3.8) is 0 Å². The molecule has 1 aromatic heterocycles. The number of nitrogens with one attached hydrogen (secondary N) is 1. The summed E-state index contributed by atoms with van der Waals surface area (Å²) in [4.78, 5) is 16.9. The number of ketones is 1. The Labute approximate surface area is 156 Å². The second-order valence-electron chi connectivity index (χ2n) is 6.24. The lowest BCUT2D eigenvalue weighted by molar-refractivity contribution is 0.102. The number of ether oxygens (including phenoxy) is 1. The molecule has 132 valence electrons. The van der Waals surface area contributed by atoms with Crippen LogP contribution in [-0.4, -0.2) is 33.8 Å². The number of methoxy groups -OCH3 is 1. The molecule has 3 aromatic rings. The molecule has 1 N–H and O–H groups in total. The highest BCUT2D eigenvalue weighted by molar-refractivity contribution is 7.99. The SMILES string of the molecule is COc1ccc(-c2nc(SCC(=O)c3ccc4c(c3)CCC4)n[nH]2)cc1. The fourth-order valence-corrected chi connectivity index (χ4v) is 3.84. The number of hydrogen-bond acceptors (Lipinski definition) is 5. The van der Waals surface area contributed by atoms with E-state index >= 15 is 0 Å². The minimum absolute atomic E-state index is 0.112. The van der Waals surface area contributed by atoms with Crippen molar-refractivity contribution in [3.8, 4) is 17.1 Å². The van der Waals surface area contributed by atoms with E-state index in [0.717, 1.165) is 29.7 Å². The first-order valence-corrected chi connectivity index (χ1v) is 9.56. The summed E-state index contributed by atoms with van der Waals surface area (Å²) in [7, 11) is 1.64. The van der Waals surface area contributed by atoms with E-state index in [1.807, 2.05) is 36.4 Å². The van der Waals surface area contributed by atoms with Gasteiger partial charge in [0, 0.05) is 11.1 Å². The molecule has 0 atom stereocenters. The number of aromatic nitrogens is 3. The smallest absolute Gasteiger partial charge is 0.209 e. The highest BCUT2D eigenvalue weighted by atomic mass is 32.2. The fourth-order valence-electron chi connectivity index (χ4n) is 3.15. The van der Waals surface area contributed by atoms with Crippen molar-refractivity contribution in [2.24, 2.45) is 0 Å². The summed E-state index contributed by atoms with van der Waals surface area (Å²) < 4.78 is 5.16. The summed E-state index contributed by atoms with van der Waals surface area (Å²) in [6, 6.07) is 13.7. The highest BCUT2D eigenvalue weighted by Crippen LogP contribution is 2.25. The van der Waals surface area contributed by atoms with Gasteiger partial charge in [0.1, 0.15) is 5.75 Å². The lowest BCUT2D eigenvalue weighted by Gasteiger charge is -2.03. The number of aryl methyl sites for hydroxylation is 2. The van der Waals surface area contributed by atoms with Crippen molar-refractivity contribution in [2.45, 2.75) is 24.4 Å². The standard InChI is InChI=1S/C20H19N3O2S/c1-25-17-9-7-14(8-10-17)19-21-20(23-22-19)26-12-18(24)16-6-5-13-3-2-4-15(13)11-16/h5-11H,2-4,12H2,1H3,(H,21,22,23). The summed E-state index contributed by atoms with van der Waals surface area (Å²) in [6.07, 6.45) is 3.40. The Morgan fingerprint density at radius 3 is 2.77 bits per heavy atom. The molecule has 1 heterocycles. The van der Waals surface area contributed by atoms with Gasteiger partial charge in [0.25, 0.3) is 0 Å². The number of fused-ring (bicyclic) bond motifs is 1. The van der Waals surface area contributed by atoms with Crippen LogP contribution in [0, 0.1) is 0 Å². The molecule has 0 unspecified atom stereocenters. The van der Waals surface area contributed by atoms with Crippen LogP contribution in [-0.2, 0) is 12.8 Å². The number of carbonyl (C=O) groups is 1. The van der Waals surface area contributed by atoms with Gasteiger partial charge in [0.15, 0.2) is 11.6 Å². The van der Waals surface area contributed by atoms with E-state index in [-0.39, 0.29) is 5.78 Å². The summed E-state index contributed by atoms with van der Waals surface area (Å²) in [5.74, 6) is 1.92. The monoisotopic (exact) mass is 365 g/mol. The lowest BCUT2D eigenvalue weighted by atomic mass is 10.0. The Morgan fingerprint density at radius 2 is 1.96 bits per heavy atom. The maximum Gasteiger partial charge on any atom is 0.209 e. The second-order valence-corrected chi connectivity index (χ2v) is 7.19. The van der Waals surface area contributed by atoms with Gasteiger partial charge in [0.05, 0.1) is 12.9 Å². The molecule has 2 aromatic carbocycles. The minimum Gasteiger partial charge on any atom is -0.497 e. The zero-order valence-electron chi connectivity index (χ0n) is 14.5. The van der Waals surface area contributed by atoms with Gasteiger partial charge in [-0.2, -0.15) is 0 Å². The molecule has 26 heavy (non-hydrogen) atoms. The maximum absolute atomic E-state index is 12.5. The van der Waals surface area contributed by atoms with Gasteiger partial charge in [-0.25, -0.2) is 4.98 Å². The largest absolute Gasteiger partial charge is 0.497 e. The van der Waals surface area contributed by atoms with Crippen LogP contribution >= 0.6 is 11.8 Å². The average Bonchev–Trinajstić information content (AvgIpc) is 3.35. The Kier molecular flexibility index (Phi) is 4.75. The van der Waals surface area contributed by atoms with Gasteiger partial charge in [0.2, 0.25) is 5.16 Å². The van der Waals surface area contributed by atoms with Crippen LogP contribution in [0.3, 0.4) is 0 Å². The van der Waals surface area contributed by atoms with Crippen LogP contribution in [0.4, 0.5) is 0 Å². The molecule has 0 saturated carbocycles. The lowest BCUT2D eigenvalue weighted by Crippen LogP contribution is -2.03. The Bertz CT molecular complexity index is 934. The number of rotatable bonds is 6. The van der Waals surface area contributed by atoms with Crippen LogP contribution in [0.25, 0.3) is 11.4 Å². The van der Waals surface area contributed by atoms with Crippen LogP contribution in [0.15, 0.2) is 47.6 Å². The molecule has 1 aliphatic rings. The third-order valence-corrected chi connectivity index (χ3v) is 5.43. The number of H-pyrrole nitrogens is 1. The van der Waals surface area contributed by atoms with Crippen LogP contribution < -0.4 is 4.74 Å². The Balaban J connectivity index is 1.40. The van der Waals surface area contributed by atoms with E-state index in [1.54, 1.807) is 7.11 Å². The number of thioether (sulfide) groups is 1. The van der Waals surface area contributed by atoms with E-state index in [1.165, 1.54) is 29.3 Å². The third kappa shape index (κ3) is 3.51. The molecule has 0 saturated heterocycles. The molecule has 0 amide bonds. The van der Waals surface area contributed by atoms with E-state index in [2.05, 4.69) is 21.2 Å². The molecular formula is C20H19N3O2S. The Morgan fingerprint density at radius 1 is 1.15 bits per heavy atom. The molecule has 6 heteroatoms. The molecule has 0 radical (unpaired) electrons. The van der Waals surface area contributed by atoms with E-state index in [0.29, 0.717) is 16.7 Å². The predicted molar refractivity (Wildman–Crippen MR) is 102 cm³/mol. The number of Topliss-reactive ketones (excluding diaryl/α,β-unsaturated/α-hetero) is 1. The van der Waals surface area contributed by atoms with Crippen LogP contribution in [0.1, 0.15) is 27.9 Å². The molecule has 0 bridgehead atoms. The molecule has 4 rings (SSSR count). The maximum atomic E-state index is 12.5. The average molecular weight is 365 g/mol. The topological polar surface area (TPSA) is 67.9 Å². The van der Waals surface area contributed by atoms with Crippen molar-refractivity contribution in [2.75, 3.05) is 12.9 Å². The zero-order chi connectivity index (χ0) is 17.9. The number of nitrogens with zero attached hydrogens (tertiary/aromatic N) is 2. The van der Waals surface area contributed by atoms with Gasteiger partial charge in [-0.3, -0.25) is 9.89 Å². The van der Waals surface area contributed by atoms with Crippen molar-refractivity contribution < 1.29 is 9.53 Å². The normalized spacial score (nSPS) is 12.8. The second kappa shape index (κ2) is 7.33. The number of carbonyl (C=O) groups excluding carboxylic acids is 1. The van der Waals surface area contributed by atoms with E-state index < -0.39 is 0 Å². The predicted octanol–water partition coefficient (Wildman–Crippen LogP) is 3.94. The van der Waals surface area contributed by atoms with Crippen LogP contribution in [0.5, 0.6) is 5.75 Å². The molecule has 1 aliphatic carbocycles. The van der Waals surface area contributed by atoms with Gasteiger partial charge in [-0.15, -0.1) is 5.10 Å². The quantitative estimate of drug-likeness (QED) is 0.529. The summed E-state index contributed by atoms with van der Waals surface area (Å²) in [5.41, 5.74) is 4.41. The summed E-state index contributed by atoms with van der Waals surface area (Å²) >= 11 is 1.35. The van der Waals surface area contributed by atoms with Gasteiger partial charge in [-0.05, 0) is 60.7 Å². The summed E-state index contributed by atoms with van der Waals surface area (Å²) in [5, 5.41) is 7.70. The third-order valence-electron chi connectivity index (χ3n) is 4.58. The number of hydrogen-bond donors (Lipinski definition) is 1. The first kappa shape index (κ1) is 16.8. The zero-order valence-corrected chi connectivity index (χ0v) is 15.3. The van der Waals surface area contributed by atoms with Gasteiger partial charge < -0.3 is 4.74 Å². The van der Waals surface area contributed by atoms with Crippen molar-refractivity contribution in [3.05, 3.63) is 59.2 Å². The number of benzene rings is 2.